The lowest BCUT2D eigenvalue weighted by Crippen LogP contribution is -2.06. The highest BCUT2D eigenvalue weighted by molar-refractivity contribution is 4.69. The average Bonchev–Trinajstić information content (AvgIpc) is 2.72. The Morgan fingerprint density at radius 3 is 1.06 bits per heavy atom. The molecule has 0 spiro atoms. The Bertz CT molecular complexity index is 178. The molecule has 108 valence electrons. The molecule has 0 saturated heterocycles. The molecule has 0 heteroatoms. The summed E-state index contributed by atoms with van der Waals surface area (Å²) in [5.74, 6) is 3.98. The van der Waals surface area contributed by atoms with Gasteiger partial charge in [0.25, 0.3) is 0 Å². The highest BCUT2D eigenvalue weighted by atomic mass is 14.2. The van der Waals surface area contributed by atoms with Crippen molar-refractivity contribution >= 4 is 0 Å². The zero-order valence-corrected chi connectivity index (χ0v) is 13.4. The van der Waals surface area contributed by atoms with E-state index in [0.29, 0.717) is 0 Å². The highest BCUT2D eigenvalue weighted by Crippen LogP contribution is 2.30. The molecule has 0 atom stereocenters. The first-order chi connectivity index (χ1) is 8.61. The third-order valence-corrected chi connectivity index (χ3v) is 5.19. The third kappa shape index (κ3) is 6.25. The fraction of sp³-hybridized carbons (Fsp3) is 1.00. The minimum atomic E-state index is 0.929. The van der Waals surface area contributed by atoms with Crippen molar-refractivity contribution in [3.63, 3.8) is 0 Å². The Hall–Kier alpha value is 0. The van der Waals surface area contributed by atoms with Crippen LogP contribution >= 0.6 is 0 Å². The highest BCUT2D eigenvalue weighted by Gasteiger charge is 2.17. The van der Waals surface area contributed by atoms with Crippen LogP contribution in [0.15, 0.2) is 0 Å². The minimum absolute atomic E-state index is 0.929. The fourth-order valence-corrected chi connectivity index (χ4v) is 3.60. The van der Waals surface area contributed by atoms with Crippen LogP contribution in [-0.2, 0) is 0 Å². The van der Waals surface area contributed by atoms with Crippen molar-refractivity contribution in [3.8, 4) is 0 Å². The first-order valence-electron chi connectivity index (χ1n) is 8.61. The number of hydrogen-bond acceptors (Lipinski definition) is 0. The lowest BCUT2D eigenvalue weighted by atomic mass is 9.89. The smallest absolute Gasteiger partial charge is 0.0391 e. The molecular formula is C18H36. The van der Waals surface area contributed by atoms with Crippen LogP contribution in [0.2, 0.25) is 0 Å². The average molecular weight is 252 g/mol. The van der Waals surface area contributed by atoms with Crippen LogP contribution in [-0.4, -0.2) is 0 Å². The summed E-state index contributed by atoms with van der Waals surface area (Å²) >= 11 is 0. The normalized spacial score (nSPS) is 23.0. The van der Waals surface area contributed by atoms with Gasteiger partial charge in [-0.2, -0.15) is 0 Å². The van der Waals surface area contributed by atoms with Gasteiger partial charge in [-0.1, -0.05) is 91.9 Å². The van der Waals surface area contributed by atoms with Crippen molar-refractivity contribution in [3.05, 3.63) is 0 Å². The van der Waals surface area contributed by atoms with Crippen molar-refractivity contribution in [1.29, 1.82) is 0 Å². The Morgan fingerprint density at radius 1 is 0.500 bits per heavy atom. The van der Waals surface area contributed by atoms with E-state index >= 15 is 0 Å². The van der Waals surface area contributed by atoms with Gasteiger partial charge in [0.2, 0.25) is 0 Å². The van der Waals surface area contributed by atoms with Crippen molar-refractivity contribution in [1.82, 2.24) is 0 Å². The van der Waals surface area contributed by atoms with Crippen LogP contribution in [0.5, 0.6) is 0 Å². The molecule has 0 amide bonds. The van der Waals surface area contributed by atoms with Gasteiger partial charge in [0.15, 0.2) is 0 Å². The maximum absolute atomic E-state index is 2.37. The summed E-state index contributed by atoms with van der Waals surface area (Å²) < 4.78 is 0. The van der Waals surface area contributed by atoms with E-state index in [1.165, 1.54) is 64.2 Å². The summed E-state index contributed by atoms with van der Waals surface area (Å²) in [4.78, 5) is 0. The molecule has 0 aliphatic heterocycles. The Labute approximate surface area is 116 Å². The van der Waals surface area contributed by atoms with E-state index in [0.717, 1.165) is 23.7 Å². The Balaban J connectivity index is 0.000000184. The van der Waals surface area contributed by atoms with Gasteiger partial charge in [0.1, 0.15) is 0 Å². The standard InChI is InChI=1S/C10H20.C8H16/c1-9(2)10-7-5-3-4-6-8-10;1-7(2)8-5-3-4-6-8/h9-10H,3-8H2,1-2H3;7-8H,3-6H2,1-2H3. The largest absolute Gasteiger partial charge is 0.0625 e. The van der Waals surface area contributed by atoms with Crippen LogP contribution in [0.4, 0.5) is 0 Å². The summed E-state index contributed by atoms with van der Waals surface area (Å²) in [5.41, 5.74) is 0. The van der Waals surface area contributed by atoms with E-state index in [1.54, 1.807) is 0 Å². The van der Waals surface area contributed by atoms with Gasteiger partial charge in [-0.05, 0) is 23.7 Å². The first-order valence-corrected chi connectivity index (χ1v) is 8.61. The second-order valence-electron chi connectivity index (χ2n) is 7.28. The maximum Gasteiger partial charge on any atom is -0.0391 e. The molecule has 18 heavy (non-hydrogen) atoms. The van der Waals surface area contributed by atoms with Gasteiger partial charge in [-0.15, -0.1) is 0 Å². The molecule has 2 aliphatic rings. The molecule has 0 aromatic carbocycles. The number of hydrogen-bond donors (Lipinski definition) is 0. The van der Waals surface area contributed by atoms with Gasteiger partial charge >= 0.3 is 0 Å². The second-order valence-corrected chi connectivity index (χ2v) is 7.28. The lowest BCUT2D eigenvalue weighted by Gasteiger charge is -2.17. The molecule has 0 bridgehead atoms. The quantitative estimate of drug-likeness (QED) is 0.496. The summed E-state index contributed by atoms with van der Waals surface area (Å²) in [6, 6.07) is 0. The third-order valence-electron chi connectivity index (χ3n) is 5.19. The summed E-state index contributed by atoms with van der Waals surface area (Å²) in [5, 5.41) is 0. The van der Waals surface area contributed by atoms with Gasteiger partial charge in [-0.3, -0.25) is 0 Å². The molecule has 0 aromatic heterocycles. The topological polar surface area (TPSA) is 0 Å². The van der Waals surface area contributed by atoms with Crippen LogP contribution < -0.4 is 0 Å². The van der Waals surface area contributed by atoms with E-state index in [2.05, 4.69) is 27.7 Å². The van der Waals surface area contributed by atoms with Crippen molar-refractivity contribution < 1.29 is 0 Å². The zero-order chi connectivity index (χ0) is 13.4. The van der Waals surface area contributed by atoms with E-state index in [9.17, 15) is 0 Å². The Morgan fingerprint density at radius 2 is 0.778 bits per heavy atom. The van der Waals surface area contributed by atoms with E-state index < -0.39 is 0 Å². The van der Waals surface area contributed by atoms with Crippen molar-refractivity contribution in [2.24, 2.45) is 23.7 Å². The van der Waals surface area contributed by atoms with Crippen LogP contribution in [0.3, 0.4) is 0 Å². The summed E-state index contributed by atoms with van der Waals surface area (Å²) in [6.45, 7) is 9.43. The summed E-state index contributed by atoms with van der Waals surface area (Å²) in [7, 11) is 0. The molecule has 2 aliphatic carbocycles. The molecule has 0 nitrogen and oxygen atoms in total. The van der Waals surface area contributed by atoms with Crippen LogP contribution in [0.25, 0.3) is 0 Å². The first kappa shape index (κ1) is 16.1. The predicted octanol–water partition coefficient (Wildman–Crippen LogP) is 6.45. The van der Waals surface area contributed by atoms with Crippen molar-refractivity contribution in [2.75, 3.05) is 0 Å². The van der Waals surface area contributed by atoms with Gasteiger partial charge in [0, 0.05) is 0 Å². The number of rotatable bonds is 2. The van der Waals surface area contributed by atoms with Crippen molar-refractivity contribution in [2.45, 2.75) is 91.9 Å². The molecule has 0 heterocycles. The predicted molar refractivity (Wildman–Crippen MR) is 82.8 cm³/mol. The SMILES string of the molecule is CC(C)C1CCCC1.CC(C)C1CCCCCC1. The van der Waals surface area contributed by atoms with Crippen LogP contribution in [0.1, 0.15) is 91.9 Å². The summed E-state index contributed by atoms with van der Waals surface area (Å²) in [6.07, 6.45) is 14.9. The lowest BCUT2D eigenvalue weighted by molar-refractivity contribution is 0.342. The van der Waals surface area contributed by atoms with E-state index in [1.807, 2.05) is 0 Å². The molecule has 0 unspecified atom stereocenters. The minimum Gasteiger partial charge on any atom is -0.0625 e. The molecule has 0 aromatic rings. The van der Waals surface area contributed by atoms with Gasteiger partial charge < -0.3 is 0 Å². The fourth-order valence-electron chi connectivity index (χ4n) is 3.60. The van der Waals surface area contributed by atoms with E-state index in [4.69, 9.17) is 0 Å². The van der Waals surface area contributed by atoms with Crippen LogP contribution in [0, 0.1) is 23.7 Å². The van der Waals surface area contributed by atoms with Gasteiger partial charge in [0.05, 0.1) is 0 Å². The monoisotopic (exact) mass is 252 g/mol. The second kappa shape index (κ2) is 8.99. The van der Waals surface area contributed by atoms with E-state index in [-0.39, 0.29) is 0 Å². The molecular weight excluding hydrogens is 216 g/mol. The molecule has 2 rings (SSSR count). The molecule has 2 saturated carbocycles. The Kier molecular flexibility index (Phi) is 8.02. The molecule has 0 N–H and O–H groups in total. The maximum atomic E-state index is 2.37. The molecule has 2 fully saturated rings. The zero-order valence-electron chi connectivity index (χ0n) is 13.4. The molecule has 0 radical (unpaired) electrons. The van der Waals surface area contributed by atoms with Gasteiger partial charge in [-0.25, -0.2) is 0 Å².